The van der Waals surface area contributed by atoms with E-state index in [1.807, 2.05) is 31.2 Å². The van der Waals surface area contributed by atoms with Crippen LogP contribution in [-0.4, -0.2) is 18.2 Å². The number of hydrogen-bond acceptors (Lipinski definition) is 5. The van der Waals surface area contributed by atoms with Crippen molar-refractivity contribution in [2.45, 2.75) is 13.8 Å². The fraction of sp³-hybridized carbons (Fsp3) is 0.150. The monoisotopic (exact) mass is 350 g/mol. The highest BCUT2D eigenvalue weighted by Gasteiger charge is 2.09. The second-order valence-electron chi connectivity index (χ2n) is 5.82. The first kappa shape index (κ1) is 17.4. The molecule has 6 heteroatoms. The molecular formula is C20H18N2O4. The third-order valence-electron chi connectivity index (χ3n) is 3.77. The molecule has 0 spiro atoms. The van der Waals surface area contributed by atoms with Gasteiger partial charge in [0.2, 0.25) is 0 Å². The lowest BCUT2D eigenvalue weighted by atomic mass is 10.1. The van der Waals surface area contributed by atoms with Crippen molar-refractivity contribution in [1.82, 2.24) is 5.43 Å². The highest BCUT2D eigenvalue weighted by atomic mass is 16.5. The zero-order chi connectivity index (χ0) is 18.5. The molecular weight excluding hydrogens is 332 g/mol. The molecule has 2 aromatic carbocycles. The van der Waals surface area contributed by atoms with Crippen molar-refractivity contribution in [2.24, 2.45) is 5.10 Å². The molecule has 3 aromatic rings. The average Bonchev–Trinajstić information content (AvgIpc) is 2.65. The molecule has 3 rings (SSSR count). The van der Waals surface area contributed by atoms with Crippen molar-refractivity contribution >= 4 is 22.6 Å². The van der Waals surface area contributed by atoms with Gasteiger partial charge in [-0.2, -0.15) is 5.10 Å². The van der Waals surface area contributed by atoms with Crippen LogP contribution in [0.3, 0.4) is 0 Å². The number of nitrogens with zero attached hydrogens (tertiary/aromatic N) is 1. The topological polar surface area (TPSA) is 80.9 Å². The molecule has 0 unspecified atom stereocenters. The largest absolute Gasteiger partial charge is 0.484 e. The van der Waals surface area contributed by atoms with Gasteiger partial charge in [0, 0.05) is 5.39 Å². The number of hydrogen-bond donors (Lipinski definition) is 1. The Kier molecular flexibility index (Phi) is 5.12. The number of carbonyl (C=O) groups is 1. The van der Waals surface area contributed by atoms with Crippen molar-refractivity contribution in [3.63, 3.8) is 0 Å². The molecule has 0 aliphatic rings. The minimum Gasteiger partial charge on any atom is -0.484 e. The third kappa shape index (κ3) is 4.16. The predicted molar refractivity (Wildman–Crippen MR) is 99.5 cm³/mol. The second kappa shape index (κ2) is 7.65. The van der Waals surface area contributed by atoms with Gasteiger partial charge in [-0.05, 0) is 38.1 Å². The Morgan fingerprint density at radius 1 is 1.15 bits per heavy atom. The summed E-state index contributed by atoms with van der Waals surface area (Å²) >= 11 is 0. The minimum absolute atomic E-state index is 0.174. The van der Waals surface area contributed by atoms with Gasteiger partial charge in [-0.25, -0.2) is 10.2 Å². The maximum absolute atomic E-state index is 12.1. The molecule has 132 valence electrons. The van der Waals surface area contributed by atoms with E-state index in [-0.39, 0.29) is 6.61 Å². The van der Waals surface area contributed by atoms with Gasteiger partial charge in [-0.1, -0.05) is 35.9 Å². The van der Waals surface area contributed by atoms with Crippen LogP contribution in [0, 0.1) is 6.92 Å². The van der Waals surface area contributed by atoms with Gasteiger partial charge in [0.05, 0.1) is 11.3 Å². The number of benzene rings is 2. The van der Waals surface area contributed by atoms with Crippen molar-refractivity contribution in [2.75, 3.05) is 6.61 Å². The van der Waals surface area contributed by atoms with Crippen LogP contribution in [-0.2, 0) is 4.79 Å². The molecule has 0 saturated heterocycles. The molecule has 0 radical (unpaired) electrons. The molecule has 6 nitrogen and oxygen atoms in total. The zero-order valence-electron chi connectivity index (χ0n) is 14.5. The smallest absolute Gasteiger partial charge is 0.345 e. The van der Waals surface area contributed by atoms with E-state index in [9.17, 15) is 9.59 Å². The van der Waals surface area contributed by atoms with Gasteiger partial charge in [0.1, 0.15) is 11.3 Å². The number of aryl methyl sites for hydroxylation is 1. The van der Waals surface area contributed by atoms with E-state index < -0.39 is 11.5 Å². The standard InChI is InChI=1S/C20H18N2O4/c1-13-7-9-16(10-8-13)25-12-19(23)22-21-14(2)17-11-15-5-3-4-6-18(15)26-20(17)24/h3-11H,12H2,1-2H3,(H,22,23)/b21-14+. The first-order valence-corrected chi connectivity index (χ1v) is 8.09. The third-order valence-corrected chi connectivity index (χ3v) is 3.77. The molecule has 1 aromatic heterocycles. The maximum atomic E-state index is 12.1. The summed E-state index contributed by atoms with van der Waals surface area (Å²) in [6.45, 7) is 3.42. The van der Waals surface area contributed by atoms with E-state index in [1.165, 1.54) is 0 Å². The molecule has 0 bridgehead atoms. The zero-order valence-corrected chi connectivity index (χ0v) is 14.5. The second-order valence-corrected chi connectivity index (χ2v) is 5.82. The van der Waals surface area contributed by atoms with Gasteiger partial charge in [0.15, 0.2) is 6.61 Å². The number of carbonyl (C=O) groups excluding carboxylic acids is 1. The Morgan fingerprint density at radius 2 is 1.88 bits per heavy atom. The van der Waals surface area contributed by atoms with Crippen LogP contribution in [0.2, 0.25) is 0 Å². The lowest BCUT2D eigenvalue weighted by Gasteiger charge is -2.06. The van der Waals surface area contributed by atoms with Crippen LogP contribution in [0.4, 0.5) is 0 Å². The van der Waals surface area contributed by atoms with E-state index >= 15 is 0 Å². The van der Waals surface area contributed by atoms with E-state index in [2.05, 4.69) is 10.5 Å². The van der Waals surface area contributed by atoms with Crippen LogP contribution in [0.1, 0.15) is 18.1 Å². The van der Waals surface area contributed by atoms with Crippen LogP contribution < -0.4 is 15.8 Å². The van der Waals surface area contributed by atoms with Crippen molar-refractivity contribution in [1.29, 1.82) is 0 Å². The average molecular weight is 350 g/mol. The molecule has 1 N–H and O–H groups in total. The van der Waals surface area contributed by atoms with Crippen LogP contribution in [0.25, 0.3) is 11.0 Å². The van der Waals surface area contributed by atoms with E-state index in [4.69, 9.17) is 9.15 Å². The van der Waals surface area contributed by atoms with Crippen LogP contribution in [0.5, 0.6) is 5.75 Å². The van der Waals surface area contributed by atoms with E-state index in [0.29, 0.717) is 22.6 Å². The summed E-state index contributed by atoms with van der Waals surface area (Å²) in [4.78, 5) is 23.9. The SMILES string of the molecule is C/C(=N\NC(=O)COc1ccc(C)cc1)c1cc2ccccc2oc1=O. The summed E-state index contributed by atoms with van der Waals surface area (Å²) < 4.78 is 10.6. The van der Waals surface area contributed by atoms with Gasteiger partial charge < -0.3 is 9.15 Å². The summed E-state index contributed by atoms with van der Waals surface area (Å²) in [5.74, 6) is 0.178. The fourth-order valence-electron chi connectivity index (χ4n) is 2.34. The molecule has 0 aliphatic carbocycles. The number of fused-ring (bicyclic) bond motifs is 1. The summed E-state index contributed by atoms with van der Waals surface area (Å²) in [7, 11) is 0. The molecule has 0 aliphatic heterocycles. The number of ether oxygens (including phenoxy) is 1. The Bertz CT molecular complexity index is 1020. The Balaban J connectivity index is 1.66. The molecule has 1 amide bonds. The van der Waals surface area contributed by atoms with Gasteiger partial charge in [-0.3, -0.25) is 4.79 Å². The van der Waals surface area contributed by atoms with E-state index in [0.717, 1.165) is 10.9 Å². The number of amides is 1. The van der Waals surface area contributed by atoms with Crippen LogP contribution >= 0.6 is 0 Å². The summed E-state index contributed by atoms with van der Waals surface area (Å²) in [6.07, 6.45) is 0. The molecule has 0 fully saturated rings. The highest BCUT2D eigenvalue weighted by Crippen LogP contribution is 2.13. The summed E-state index contributed by atoms with van der Waals surface area (Å²) in [6, 6.07) is 16.3. The Morgan fingerprint density at radius 3 is 2.65 bits per heavy atom. The first-order valence-electron chi connectivity index (χ1n) is 8.09. The lowest BCUT2D eigenvalue weighted by molar-refractivity contribution is -0.123. The normalized spacial score (nSPS) is 11.4. The minimum atomic E-state index is -0.505. The summed E-state index contributed by atoms with van der Waals surface area (Å²) in [5, 5.41) is 4.75. The van der Waals surface area contributed by atoms with Gasteiger partial charge >= 0.3 is 5.63 Å². The number of para-hydroxylation sites is 1. The maximum Gasteiger partial charge on any atom is 0.345 e. The Labute approximate surface area is 150 Å². The number of nitrogens with one attached hydrogen (secondary N) is 1. The number of hydrazone groups is 1. The number of rotatable bonds is 5. The lowest BCUT2D eigenvalue weighted by Crippen LogP contribution is -2.26. The first-order chi connectivity index (χ1) is 12.5. The van der Waals surface area contributed by atoms with Crippen molar-refractivity contribution in [3.8, 4) is 5.75 Å². The highest BCUT2D eigenvalue weighted by molar-refractivity contribution is 6.00. The molecule has 0 saturated carbocycles. The Hall–Kier alpha value is -3.41. The van der Waals surface area contributed by atoms with E-state index in [1.54, 1.807) is 37.3 Å². The van der Waals surface area contributed by atoms with Crippen molar-refractivity contribution < 1.29 is 13.9 Å². The summed E-state index contributed by atoms with van der Waals surface area (Å²) in [5.41, 5.74) is 4.14. The fourth-order valence-corrected chi connectivity index (χ4v) is 2.34. The molecule has 26 heavy (non-hydrogen) atoms. The molecule has 1 heterocycles. The predicted octanol–water partition coefficient (Wildman–Crippen LogP) is 3.02. The van der Waals surface area contributed by atoms with Crippen molar-refractivity contribution in [3.05, 3.63) is 76.1 Å². The molecule has 0 atom stereocenters. The van der Waals surface area contributed by atoms with Gasteiger partial charge in [0.25, 0.3) is 5.91 Å². The van der Waals surface area contributed by atoms with Crippen LogP contribution in [0.15, 0.2) is 68.9 Å². The quantitative estimate of drug-likeness (QED) is 0.436. The van der Waals surface area contributed by atoms with Gasteiger partial charge in [-0.15, -0.1) is 0 Å².